The molecule has 1 atom stereocenters. The van der Waals surface area contributed by atoms with Crippen molar-refractivity contribution < 1.29 is 8.91 Å². The van der Waals surface area contributed by atoms with Crippen LogP contribution >= 0.6 is 15.9 Å². The number of halogens is 2. The van der Waals surface area contributed by atoms with Gasteiger partial charge in [-0.15, -0.1) is 0 Å². The first-order valence-corrected chi connectivity index (χ1v) is 6.63. The van der Waals surface area contributed by atoms with Gasteiger partial charge in [-0.3, -0.25) is 0 Å². The maximum atomic E-state index is 13.3. The van der Waals surface area contributed by atoms with Crippen molar-refractivity contribution in [2.75, 3.05) is 0 Å². The van der Waals surface area contributed by atoms with Crippen LogP contribution in [0.15, 0.2) is 27.2 Å². The van der Waals surface area contributed by atoms with Gasteiger partial charge in [-0.25, -0.2) is 4.39 Å². The predicted molar refractivity (Wildman–Crippen MR) is 73.8 cm³/mol. The Balaban J connectivity index is 2.39. The number of rotatable bonds is 2. The van der Waals surface area contributed by atoms with Crippen molar-refractivity contribution in [3.05, 3.63) is 34.4 Å². The second kappa shape index (κ2) is 5.02. The van der Waals surface area contributed by atoms with Gasteiger partial charge in [0, 0.05) is 10.0 Å². The molecule has 6 heteroatoms. The Bertz CT molecular complexity index is 592. The summed E-state index contributed by atoms with van der Waals surface area (Å²) in [5, 5.41) is 3.86. The molecule has 0 bridgehead atoms. The Morgan fingerprint density at radius 1 is 1.37 bits per heavy atom. The van der Waals surface area contributed by atoms with Crippen molar-refractivity contribution in [2.24, 2.45) is 11.1 Å². The Morgan fingerprint density at radius 3 is 2.68 bits per heavy atom. The highest BCUT2D eigenvalue weighted by Crippen LogP contribution is 2.32. The van der Waals surface area contributed by atoms with E-state index in [1.165, 1.54) is 12.1 Å². The summed E-state index contributed by atoms with van der Waals surface area (Å²) in [5.74, 6) is 0.310. The normalized spacial score (nSPS) is 13.6. The highest BCUT2D eigenvalue weighted by molar-refractivity contribution is 9.10. The molecule has 102 valence electrons. The van der Waals surface area contributed by atoms with Crippen LogP contribution in [-0.4, -0.2) is 10.1 Å². The first kappa shape index (κ1) is 14.1. The molecule has 2 rings (SSSR count). The third-order valence-electron chi connectivity index (χ3n) is 2.81. The van der Waals surface area contributed by atoms with E-state index in [-0.39, 0.29) is 17.3 Å². The number of aromatic nitrogens is 2. The molecule has 0 saturated heterocycles. The fourth-order valence-electron chi connectivity index (χ4n) is 1.51. The molecular formula is C13H15BrFN3O. The molecule has 0 amide bonds. The summed E-state index contributed by atoms with van der Waals surface area (Å²) in [5.41, 5.74) is 6.40. The number of nitrogens with two attached hydrogens (primary N) is 1. The summed E-state index contributed by atoms with van der Waals surface area (Å²) in [6, 6.07) is 3.93. The van der Waals surface area contributed by atoms with E-state index >= 15 is 0 Å². The van der Waals surface area contributed by atoms with E-state index in [1.54, 1.807) is 6.07 Å². The summed E-state index contributed by atoms with van der Waals surface area (Å²) < 4.78 is 19.1. The lowest BCUT2D eigenvalue weighted by atomic mass is 9.87. The second-order valence-electron chi connectivity index (χ2n) is 5.42. The molecule has 1 aromatic carbocycles. The fraction of sp³-hybridized carbons (Fsp3) is 0.385. The van der Waals surface area contributed by atoms with Crippen LogP contribution in [0.25, 0.3) is 11.4 Å². The van der Waals surface area contributed by atoms with Gasteiger partial charge in [-0.1, -0.05) is 41.9 Å². The van der Waals surface area contributed by atoms with Gasteiger partial charge >= 0.3 is 0 Å². The molecule has 0 aliphatic carbocycles. The SMILES string of the molecule is CC(C)(C)[C@@H](N)c1nc(-c2cc(F)ccc2Br)no1. The fourth-order valence-corrected chi connectivity index (χ4v) is 1.93. The molecule has 19 heavy (non-hydrogen) atoms. The third kappa shape index (κ3) is 3.01. The summed E-state index contributed by atoms with van der Waals surface area (Å²) in [6.07, 6.45) is 0. The van der Waals surface area contributed by atoms with Crippen molar-refractivity contribution in [1.82, 2.24) is 10.1 Å². The maximum absolute atomic E-state index is 13.3. The topological polar surface area (TPSA) is 64.9 Å². The van der Waals surface area contributed by atoms with Crippen LogP contribution in [0.4, 0.5) is 4.39 Å². The van der Waals surface area contributed by atoms with Gasteiger partial charge in [0.25, 0.3) is 0 Å². The molecule has 2 N–H and O–H groups in total. The van der Waals surface area contributed by atoms with Crippen molar-refractivity contribution >= 4 is 15.9 Å². The first-order chi connectivity index (χ1) is 8.79. The van der Waals surface area contributed by atoms with E-state index in [0.29, 0.717) is 21.8 Å². The Labute approximate surface area is 119 Å². The highest BCUT2D eigenvalue weighted by atomic mass is 79.9. The third-order valence-corrected chi connectivity index (χ3v) is 3.50. The van der Waals surface area contributed by atoms with Crippen LogP contribution in [0.5, 0.6) is 0 Å². The van der Waals surface area contributed by atoms with Gasteiger partial charge in [0.2, 0.25) is 11.7 Å². The quantitative estimate of drug-likeness (QED) is 0.913. The molecule has 0 saturated carbocycles. The van der Waals surface area contributed by atoms with Gasteiger partial charge in [0.05, 0.1) is 6.04 Å². The summed E-state index contributed by atoms with van der Waals surface area (Å²) in [7, 11) is 0. The van der Waals surface area contributed by atoms with Gasteiger partial charge < -0.3 is 10.3 Å². The van der Waals surface area contributed by atoms with Crippen molar-refractivity contribution in [2.45, 2.75) is 26.8 Å². The molecule has 4 nitrogen and oxygen atoms in total. The van der Waals surface area contributed by atoms with E-state index in [9.17, 15) is 4.39 Å². The minimum atomic E-state index is -0.374. The number of hydrogen-bond acceptors (Lipinski definition) is 4. The first-order valence-electron chi connectivity index (χ1n) is 5.83. The molecule has 0 aliphatic heterocycles. The zero-order valence-electron chi connectivity index (χ0n) is 10.9. The van der Waals surface area contributed by atoms with Gasteiger partial charge in [-0.2, -0.15) is 4.98 Å². The summed E-state index contributed by atoms with van der Waals surface area (Å²) in [6.45, 7) is 5.96. The summed E-state index contributed by atoms with van der Waals surface area (Å²) >= 11 is 3.33. The van der Waals surface area contributed by atoms with E-state index in [4.69, 9.17) is 10.3 Å². The van der Waals surface area contributed by atoms with Crippen LogP contribution in [0.3, 0.4) is 0 Å². The molecule has 0 fully saturated rings. The molecule has 0 radical (unpaired) electrons. The minimum absolute atomic E-state index is 0.191. The lowest BCUT2D eigenvalue weighted by molar-refractivity contribution is 0.253. The number of hydrogen-bond donors (Lipinski definition) is 1. The average molecular weight is 328 g/mol. The van der Waals surface area contributed by atoms with Crippen LogP contribution in [-0.2, 0) is 0 Å². The smallest absolute Gasteiger partial charge is 0.244 e. The van der Waals surface area contributed by atoms with Crippen molar-refractivity contribution in [3.8, 4) is 11.4 Å². The lowest BCUT2D eigenvalue weighted by Gasteiger charge is -2.23. The Morgan fingerprint density at radius 2 is 2.05 bits per heavy atom. The van der Waals surface area contributed by atoms with E-state index in [0.717, 1.165) is 0 Å². The molecule has 1 heterocycles. The van der Waals surface area contributed by atoms with E-state index in [1.807, 2.05) is 20.8 Å². The molecule has 0 spiro atoms. The van der Waals surface area contributed by atoms with Crippen LogP contribution in [0.2, 0.25) is 0 Å². The van der Waals surface area contributed by atoms with Gasteiger partial charge in [0.15, 0.2) is 0 Å². The average Bonchev–Trinajstić information content (AvgIpc) is 2.79. The monoisotopic (exact) mass is 327 g/mol. The molecule has 0 unspecified atom stereocenters. The van der Waals surface area contributed by atoms with E-state index < -0.39 is 0 Å². The number of nitrogens with zero attached hydrogens (tertiary/aromatic N) is 2. The second-order valence-corrected chi connectivity index (χ2v) is 6.28. The maximum Gasteiger partial charge on any atom is 0.244 e. The van der Waals surface area contributed by atoms with Crippen LogP contribution in [0, 0.1) is 11.2 Å². The Hall–Kier alpha value is -1.27. The summed E-state index contributed by atoms with van der Waals surface area (Å²) in [4.78, 5) is 4.25. The van der Waals surface area contributed by atoms with Crippen molar-refractivity contribution in [1.29, 1.82) is 0 Å². The lowest BCUT2D eigenvalue weighted by Crippen LogP contribution is -2.26. The molecule has 2 aromatic rings. The molecular weight excluding hydrogens is 313 g/mol. The molecule has 1 aromatic heterocycles. The standard InChI is InChI=1S/C13H15BrFN3O/c1-13(2,3)10(16)12-17-11(18-19-12)8-6-7(15)4-5-9(8)14/h4-6,10H,16H2,1-3H3/t10-/m0/s1. The zero-order valence-corrected chi connectivity index (χ0v) is 12.5. The zero-order chi connectivity index (χ0) is 14.2. The largest absolute Gasteiger partial charge is 0.337 e. The predicted octanol–water partition coefficient (Wildman–Crippen LogP) is 3.68. The van der Waals surface area contributed by atoms with E-state index in [2.05, 4.69) is 26.1 Å². The number of benzene rings is 1. The molecule has 0 aliphatic rings. The highest BCUT2D eigenvalue weighted by Gasteiger charge is 2.28. The van der Waals surface area contributed by atoms with Gasteiger partial charge in [0.1, 0.15) is 5.82 Å². The van der Waals surface area contributed by atoms with Crippen LogP contribution in [0.1, 0.15) is 32.7 Å². The van der Waals surface area contributed by atoms with Crippen LogP contribution < -0.4 is 5.73 Å². The minimum Gasteiger partial charge on any atom is -0.337 e. The van der Waals surface area contributed by atoms with Gasteiger partial charge in [-0.05, 0) is 23.6 Å². The van der Waals surface area contributed by atoms with Crippen molar-refractivity contribution in [3.63, 3.8) is 0 Å². The Kier molecular flexibility index (Phi) is 3.73.